The van der Waals surface area contributed by atoms with E-state index in [4.69, 9.17) is 0 Å². The van der Waals surface area contributed by atoms with E-state index in [0.29, 0.717) is 6.54 Å². The molecule has 1 saturated heterocycles. The van der Waals surface area contributed by atoms with Gasteiger partial charge < -0.3 is 10.0 Å². The number of hydrogen-bond donors (Lipinski definition) is 2. The summed E-state index contributed by atoms with van der Waals surface area (Å²) in [6.07, 6.45) is -4.80. The summed E-state index contributed by atoms with van der Waals surface area (Å²) in [4.78, 5) is 11.2. The number of halogens is 3. The maximum Gasteiger partial charge on any atom is 0.423 e. The third-order valence-electron chi connectivity index (χ3n) is 3.43. The van der Waals surface area contributed by atoms with E-state index < -0.39 is 27.9 Å². The lowest BCUT2D eigenvalue weighted by Gasteiger charge is -2.22. The van der Waals surface area contributed by atoms with Crippen molar-refractivity contribution in [3.8, 4) is 0 Å². The minimum absolute atomic E-state index is 0.164. The van der Waals surface area contributed by atoms with Crippen molar-refractivity contribution in [1.82, 2.24) is 5.32 Å². The summed E-state index contributed by atoms with van der Waals surface area (Å²) in [6, 6.07) is 2.90. The fraction of sp³-hybridized carbons (Fsp3) is 0.500. The molecule has 1 aliphatic rings. The number of nitro groups is 1. The van der Waals surface area contributed by atoms with Gasteiger partial charge in [-0.3, -0.25) is 15.4 Å². The van der Waals surface area contributed by atoms with Crippen LogP contribution in [0.15, 0.2) is 18.2 Å². The van der Waals surface area contributed by atoms with Crippen LogP contribution in [0.25, 0.3) is 0 Å². The van der Waals surface area contributed by atoms with E-state index >= 15 is 0 Å². The van der Waals surface area contributed by atoms with Crippen LogP contribution in [-0.4, -0.2) is 35.4 Å². The average molecular weight is 305 g/mol. The topological polar surface area (TPSA) is 78.6 Å². The third kappa shape index (κ3) is 3.08. The Balaban J connectivity index is 2.37. The number of anilines is 1. The Morgan fingerprint density at radius 2 is 2.19 bits per heavy atom. The highest BCUT2D eigenvalue weighted by Gasteiger charge is 2.40. The van der Waals surface area contributed by atoms with E-state index in [1.165, 1.54) is 6.07 Å². The summed E-state index contributed by atoms with van der Waals surface area (Å²) in [5.74, 6) is 0. The van der Waals surface area contributed by atoms with Gasteiger partial charge in [-0.1, -0.05) is 0 Å². The number of rotatable bonds is 3. The van der Waals surface area contributed by atoms with Crippen LogP contribution < -0.4 is 10.2 Å². The zero-order valence-corrected chi connectivity index (χ0v) is 11.1. The molecular formula is C12H14F3N3O3. The van der Waals surface area contributed by atoms with Crippen molar-refractivity contribution in [1.29, 1.82) is 0 Å². The Labute approximate surface area is 118 Å². The lowest BCUT2D eigenvalue weighted by atomic mass is 10.1. The molecule has 0 unspecified atom stereocenters. The van der Waals surface area contributed by atoms with E-state index in [0.717, 1.165) is 12.1 Å². The number of benzene rings is 1. The van der Waals surface area contributed by atoms with Crippen LogP contribution in [0.1, 0.15) is 12.5 Å². The lowest BCUT2D eigenvalue weighted by molar-refractivity contribution is -0.388. The zero-order chi connectivity index (χ0) is 15.8. The van der Waals surface area contributed by atoms with Crippen LogP contribution in [-0.2, 0) is 6.18 Å². The second kappa shape index (κ2) is 5.15. The standard InChI is InChI=1S/C12H14F3N3O3/c1-11(6-19)5-17(7-16-11)8-2-3-10(18(20)21)9(4-8)12(13,14)15/h2-4,16,19H,5-7H2,1H3/t11-/m0/s1. The Kier molecular flexibility index (Phi) is 3.81. The first kappa shape index (κ1) is 15.5. The summed E-state index contributed by atoms with van der Waals surface area (Å²) in [7, 11) is 0. The van der Waals surface area contributed by atoms with Gasteiger partial charge in [-0.05, 0) is 19.1 Å². The number of hydrogen-bond acceptors (Lipinski definition) is 5. The first-order chi connectivity index (χ1) is 9.66. The number of alkyl halides is 3. The van der Waals surface area contributed by atoms with Gasteiger partial charge in [-0.2, -0.15) is 13.2 Å². The van der Waals surface area contributed by atoms with Gasteiger partial charge in [0, 0.05) is 18.3 Å². The average Bonchev–Trinajstić information content (AvgIpc) is 2.80. The molecule has 2 rings (SSSR count). The molecule has 9 heteroatoms. The monoisotopic (exact) mass is 305 g/mol. The normalized spacial score (nSPS) is 22.6. The molecule has 1 aromatic rings. The van der Waals surface area contributed by atoms with E-state index in [1.54, 1.807) is 11.8 Å². The molecule has 1 aliphatic heterocycles. The molecule has 0 bridgehead atoms. The van der Waals surface area contributed by atoms with Gasteiger partial charge in [0.25, 0.3) is 5.69 Å². The SMILES string of the molecule is C[C@@]1(CO)CN(c2ccc([N+](=O)[O-])c(C(F)(F)F)c2)CN1. The molecule has 1 atom stereocenters. The van der Waals surface area contributed by atoms with Crippen molar-refractivity contribution in [2.45, 2.75) is 18.6 Å². The number of nitro benzene ring substituents is 1. The van der Waals surface area contributed by atoms with Crippen molar-refractivity contribution in [2.75, 3.05) is 24.7 Å². The van der Waals surface area contributed by atoms with Gasteiger partial charge in [0.15, 0.2) is 0 Å². The predicted octanol–water partition coefficient (Wildman–Crippen LogP) is 1.73. The highest BCUT2D eigenvalue weighted by molar-refractivity contribution is 5.57. The second-order valence-electron chi connectivity index (χ2n) is 5.21. The second-order valence-corrected chi connectivity index (χ2v) is 5.21. The Morgan fingerprint density at radius 3 is 2.67 bits per heavy atom. The maximum absolute atomic E-state index is 12.9. The van der Waals surface area contributed by atoms with E-state index in [9.17, 15) is 28.4 Å². The van der Waals surface area contributed by atoms with Gasteiger partial charge in [0.2, 0.25) is 0 Å². The van der Waals surface area contributed by atoms with Crippen LogP contribution in [0.3, 0.4) is 0 Å². The van der Waals surface area contributed by atoms with Crippen molar-refractivity contribution >= 4 is 11.4 Å². The number of aliphatic hydroxyl groups is 1. The quantitative estimate of drug-likeness (QED) is 0.657. The van der Waals surface area contributed by atoms with Gasteiger partial charge in [0.05, 0.1) is 23.7 Å². The minimum atomic E-state index is -4.80. The van der Waals surface area contributed by atoms with Crippen LogP contribution in [0, 0.1) is 10.1 Å². The van der Waals surface area contributed by atoms with Crippen molar-refractivity contribution in [3.05, 3.63) is 33.9 Å². The molecule has 116 valence electrons. The summed E-state index contributed by atoms with van der Waals surface area (Å²) in [5, 5.41) is 22.9. The predicted molar refractivity (Wildman–Crippen MR) is 68.9 cm³/mol. The fourth-order valence-corrected chi connectivity index (χ4v) is 2.21. The zero-order valence-electron chi connectivity index (χ0n) is 11.1. The van der Waals surface area contributed by atoms with Crippen molar-refractivity contribution < 1.29 is 23.2 Å². The summed E-state index contributed by atoms with van der Waals surface area (Å²) in [5.41, 5.74) is -2.64. The van der Waals surface area contributed by atoms with Crippen LogP contribution in [0.2, 0.25) is 0 Å². The molecule has 0 aromatic heterocycles. The third-order valence-corrected chi connectivity index (χ3v) is 3.43. The van der Waals surface area contributed by atoms with Gasteiger partial charge in [0.1, 0.15) is 5.56 Å². The Bertz CT molecular complexity index is 564. The highest BCUT2D eigenvalue weighted by Crippen LogP contribution is 2.38. The minimum Gasteiger partial charge on any atom is -0.394 e. The molecule has 0 aliphatic carbocycles. The van der Waals surface area contributed by atoms with E-state index in [2.05, 4.69) is 5.32 Å². The van der Waals surface area contributed by atoms with Crippen LogP contribution in [0.4, 0.5) is 24.5 Å². The molecule has 1 aromatic carbocycles. The highest BCUT2D eigenvalue weighted by atomic mass is 19.4. The molecule has 0 amide bonds. The number of nitrogens with one attached hydrogen (secondary N) is 1. The van der Waals surface area contributed by atoms with Gasteiger partial charge in [-0.15, -0.1) is 0 Å². The molecule has 6 nitrogen and oxygen atoms in total. The van der Waals surface area contributed by atoms with E-state index in [-0.39, 0.29) is 19.0 Å². The number of aliphatic hydroxyl groups excluding tert-OH is 1. The molecule has 0 spiro atoms. The van der Waals surface area contributed by atoms with Crippen molar-refractivity contribution in [3.63, 3.8) is 0 Å². The largest absolute Gasteiger partial charge is 0.423 e. The molecule has 1 heterocycles. The summed E-state index contributed by atoms with van der Waals surface area (Å²) < 4.78 is 38.7. The number of nitrogens with zero attached hydrogens (tertiary/aromatic N) is 2. The van der Waals surface area contributed by atoms with E-state index in [1.807, 2.05) is 0 Å². The van der Waals surface area contributed by atoms with Crippen LogP contribution >= 0.6 is 0 Å². The molecule has 0 saturated carbocycles. The first-order valence-corrected chi connectivity index (χ1v) is 6.13. The first-order valence-electron chi connectivity index (χ1n) is 6.13. The van der Waals surface area contributed by atoms with Crippen molar-refractivity contribution in [2.24, 2.45) is 0 Å². The summed E-state index contributed by atoms with van der Waals surface area (Å²) in [6.45, 7) is 2.14. The Morgan fingerprint density at radius 1 is 1.52 bits per heavy atom. The molecule has 1 fully saturated rings. The Hall–Kier alpha value is -1.87. The van der Waals surface area contributed by atoms with Crippen LogP contribution in [0.5, 0.6) is 0 Å². The molecule has 21 heavy (non-hydrogen) atoms. The smallest absolute Gasteiger partial charge is 0.394 e. The molecule has 0 radical (unpaired) electrons. The van der Waals surface area contributed by atoms with Gasteiger partial charge in [-0.25, -0.2) is 0 Å². The fourth-order valence-electron chi connectivity index (χ4n) is 2.21. The maximum atomic E-state index is 12.9. The summed E-state index contributed by atoms with van der Waals surface area (Å²) >= 11 is 0. The molecular weight excluding hydrogens is 291 g/mol. The van der Waals surface area contributed by atoms with Gasteiger partial charge >= 0.3 is 6.18 Å². The molecule has 2 N–H and O–H groups in total. The lowest BCUT2D eigenvalue weighted by Crippen LogP contribution is -2.42.